The Labute approximate surface area is 144 Å². The van der Waals surface area contributed by atoms with E-state index in [4.69, 9.17) is 4.43 Å². The highest BCUT2D eigenvalue weighted by atomic mass is 28.4. The maximum Gasteiger partial charge on any atom is 0.251 e. The Morgan fingerprint density at radius 3 is 2.17 bits per heavy atom. The molecule has 0 saturated carbocycles. The Morgan fingerprint density at radius 2 is 1.74 bits per heavy atom. The number of rotatable bonds is 8. The number of allylic oxidation sites excluding steroid dienone is 3. The SMILES string of the molecule is C=CC(=O)CCC/C(C)=C/C(=C=C(C)C)O[Si](C)(C)C(C)(C)C. The van der Waals surface area contributed by atoms with Gasteiger partial charge in [-0.1, -0.05) is 38.7 Å². The van der Waals surface area contributed by atoms with Gasteiger partial charge in [0.1, 0.15) is 5.76 Å². The third-order valence-corrected chi connectivity index (χ3v) is 8.49. The second kappa shape index (κ2) is 9.10. The van der Waals surface area contributed by atoms with Crippen molar-refractivity contribution in [3.63, 3.8) is 0 Å². The molecule has 3 heteroatoms. The summed E-state index contributed by atoms with van der Waals surface area (Å²) >= 11 is 0. The normalized spacial score (nSPS) is 12.4. The predicted octanol–water partition coefficient (Wildman–Crippen LogP) is 6.33. The van der Waals surface area contributed by atoms with Crippen molar-refractivity contribution in [2.24, 2.45) is 0 Å². The zero-order valence-electron chi connectivity index (χ0n) is 16.3. The average molecular weight is 335 g/mol. The van der Waals surface area contributed by atoms with Crippen molar-refractivity contribution in [3.05, 3.63) is 41.4 Å². The van der Waals surface area contributed by atoms with E-state index in [1.54, 1.807) is 0 Å². The van der Waals surface area contributed by atoms with Gasteiger partial charge in [-0.25, -0.2) is 0 Å². The van der Waals surface area contributed by atoms with Crippen LogP contribution >= 0.6 is 0 Å². The molecular weight excluding hydrogens is 300 g/mol. The summed E-state index contributed by atoms with van der Waals surface area (Å²) < 4.78 is 6.40. The third kappa shape index (κ3) is 8.78. The molecule has 130 valence electrons. The Bertz CT molecular complexity index is 520. The van der Waals surface area contributed by atoms with Gasteiger partial charge in [0.25, 0.3) is 8.32 Å². The Morgan fingerprint density at radius 1 is 1.17 bits per heavy atom. The minimum absolute atomic E-state index is 0.107. The smallest absolute Gasteiger partial charge is 0.251 e. The van der Waals surface area contributed by atoms with Crippen LogP contribution in [0, 0.1) is 0 Å². The second-order valence-electron chi connectivity index (χ2n) is 7.87. The van der Waals surface area contributed by atoms with Crippen LogP contribution in [0.25, 0.3) is 0 Å². The van der Waals surface area contributed by atoms with Gasteiger partial charge in [-0.05, 0) is 69.5 Å². The van der Waals surface area contributed by atoms with E-state index >= 15 is 0 Å². The van der Waals surface area contributed by atoms with E-state index in [-0.39, 0.29) is 10.8 Å². The van der Waals surface area contributed by atoms with Crippen molar-refractivity contribution < 1.29 is 9.22 Å². The highest BCUT2D eigenvalue weighted by Crippen LogP contribution is 2.38. The molecule has 0 saturated heterocycles. The fourth-order valence-electron chi connectivity index (χ4n) is 1.70. The molecule has 2 nitrogen and oxygen atoms in total. The summed E-state index contributed by atoms with van der Waals surface area (Å²) in [4.78, 5) is 11.3. The lowest BCUT2D eigenvalue weighted by Crippen LogP contribution is -2.40. The van der Waals surface area contributed by atoms with Crippen molar-refractivity contribution >= 4 is 14.1 Å². The number of carbonyl (C=O) groups is 1. The Kier molecular flexibility index (Phi) is 8.58. The molecule has 0 rings (SSSR count). The molecule has 0 unspecified atom stereocenters. The summed E-state index contributed by atoms with van der Waals surface area (Å²) in [6.07, 6.45) is 5.75. The summed E-state index contributed by atoms with van der Waals surface area (Å²) in [6.45, 7) is 20.8. The number of ketones is 1. The van der Waals surface area contributed by atoms with Crippen molar-refractivity contribution in [3.8, 4) is 0 Å². The highest BCUT2D eigenvalue weighted by molar-refractivity contribution is 6.74. The van der Waals surface area contributed by atoms with Gasteiger partial charge in [-0.3, -0.25) is 4.79 Å². The minimum atomic E-state index is -1.88. The molecule has 0 N–H and O–H groups in total. The summed E-state index contributed by atoms with van der Waals surface area (Å²) in [6, 6.07) is 0. The maximum absolute atomic E-state index is 11.3. The quantitative estimate of drug-likeness (QED) is 0.170. The van der Waals surface area contributed by atoms with E-state index in [9.17, 15) is 4.79 Å². The zero-order chi connectivity index (χ0) is 18.3. The van der Waals surface area contributed by atoms with Crippen LogP contribution in [0.4, 0.5) is 0 Å². The topological polar surface area (TPSA) is 26.3 Å². The molecule has 0 atom stereocenters. The van der Waals surface area contributed by atoms with E-state index in [0.29, 0.717) is 6.42 Å². The molecule has 23 heavy (non-hydrogen) atoms. The van der Waals surface area contributed by atoms with Crippen LogP contribution in [0.2, 0.25) is 18.1 Å². The minimum Gasteiger partial charge on any atom is -0.538 e. The van der Waals surface area contributed by atoms with E-state index in [0.717, 1.165) is 24.2 Å². The third-order valence-electron chi connectivity index (χ3n) is 4.14. The van der Waals surface area contributed by atoms with Gasteiger partial charge < -0.3 is 4.43 Å². The van der Waals surface area contributed by atoms with Gasteiger partial charge >= 0.3 is 0 Å². The lowest BCUT2D eigenvalue weighted by Gasteiger charge is -2.36. The summed E-state index contributed by atoms with van der Waals surface area (Å²) in [5, 5.41) is 0.152. The fraction of sp³-hybridized carbons (Fsp3) is 0.600. The summed E-state index contributed by atoms with van der Waals surface area (Å²) in [5.41, 5.74) is 5.65. The predicted molar refractivity (Wildman–Crippen MR) is 103 cm³/mol. The maximum atomic E-state index is 11.3. The first-order chi connectivity index (χ1) is 10.4. The molecule has 0 fully saturated rings. The Balaban J connectivity index is 5.16. The number of hydrogen-bond donors (Lipinski definition) is 0. The average Bonchev–Trinajstić information content (AvgIpc) is 2.35. The van der Waals surface area contributed by atoms with E-state index in [1.165, 1.54) is 11.6 Å². The standard InChI is InChI=1S/C20H34O2Si/c1-10-18(21)13-11-12-17(4)15-19(14-16(2)3)22-23(8,9)20(5,6)7/h10,15H,1,11-13H2,2-9H3/b17-15+. The van der Waals surface area contributed by atoms with E-state index < -0.39 is 8.32 Å². The molecule has 0 spiro atoms. The zero-order valence-corrected chi connectivity index (χ0v) is 17.3. The first kappa shape index (κ1) is 21.7. The molecule has 0 aromatic heterocycles. The van der Waals surface area contributed by atoms with Gasteiger partial charge in [0, 0.05) is 6.42 Å². The van der Waals surface area contributed by atoms with Crippen molar-refractivity contribution in [2.45, 2.75) is 78.9 Å². The fourth-order valence-corrected chi connectivity index (χ4v) is 2.67. The van der Waals surface area contributed by atoms with Crippen LogP contribution in [0.15, 0.2) is 41.4 Å². The molecule has 0 aliphatic rings. The number of carbonyl (C=O) groups excluding carboxylic acids is 1. The van der Waals surface area contributed by atoms with Gasteiger partial charge in [-0.15, -0.1) is 0 Å². The Hall–Kier alpha value is -1.31. The van der Waals surface area contributed by atoms with Crippen LogP contribution in [0.1, 0.15) is 60.8 Å². The summed E-state index contributed by atoms with van der Waals surface area (Å²) in [5.74, 6) is 0.930. The van der Waals surface area contributed by atoms with Crippen LogP contribution in [0.3, 0.4) is 0 Å². The first-order valence-corrected chi connectivity index (χ1v) is 11.3. The van der Waals surface area contributed by atoms with Crippen molar-refractivity contribution in [1.29, 1.82) is 0 Å². The lowest BCUT2D eigenvalue weighted by atomic mass is 10.1. The number of hydrogen-bond acceptors (Lipinski definition) is 2. The first-order valence-electron chi connectivity index (χ1n) is 8.34. The van der Waals surface area contributed by atoms with Crippen LogP contribution in [0.5, 0.6) is 0 Å². The molecule has 0 aromatic rings. The van der Waals surface area contributed by atoms with Crippen LogP contribution in [-0.2, 0) is 9.22 Å². The van der Waals surface area contributed by atoms with Crippen molar-refractivity contribution in [2.75, 3.05) is 0 Å². The molecule has 0 heterocycles. The molecule has 0 radical (unpaired) electrons. The molecule has 0 bridgehead atoms. The highest BCUT2D eigenvalue weighted by Gasteiger charge is 2.39. The second-order valence-corrected chi connectivity index (χ2v) is 12.6. The summed E-state index contributed by atoms with van der Waals surface area (Å²) in [7, 11) is -1.88. The molecule has 0 aromatic carbocycles. The van der Waals surface area contributed by atoms with Crippen LogP contribution < -0.4 is 0 Å². The largest absolute Gasteiger partial charge is 0.538 e. The van der Waals surface area contributed by atoms with E-state index in [2.05, 4.69) is 59.2 Å². The molecule has 0 amide bonds. The van der Waals surface area contributed by atoms with E-state index in [1.807, 2.05) is 13.8 Å². The monoisotopic (exact) mass is 334 g/mol. The van der Waals surface area contributed by atoms with Crippen molar-refractivity contribution in [1.82, 2.24) is 0 Å². The van der Waals surface area contributed by atoms with Gasteiger partial charge in [-0.2, -0.15) is 0 Å². The molecular formula is C20H34O2Si. The van der Waals surface area contributed by atoms with Gasteiger partial charge in [0.15, 0.2) is 5.78 Å². The lowest BCUT2D eigenvalue weighted by molar-refractivity contribution is -0.114. The molecule has 0 aliphatic heterocycles. The van der Waals surface area contributed by atoms with Gasteiger partial charge in [0.2, 0.25) is 0 Å². The molecule has 0 aliphatic carbocycles. The van der Waals surface area contributed by atoms with Crippen LogP contribution in [-0.4, -0.2) is 14.1 Å². The van der Waals surface area contributed by atoms with Gasteiger partial charge in [0.05, 0.1) is 0 Å².